The Kier molecular flexibility index (Phi) is 3.21. The highest BCUT2D eigenvalue weighted by Crippen LogP contribution is 2.08. The smallest absolute Gasteiger partial charge is 0.324 e. The second-order valence-corrected chi connectivity index (χ2v) is 3.13. The number of carbonyl (C=O) groups is 1. The lowest BCUT2D eigenvalue weighted by Gasteiger charge is -2.13. The van der Waals surface area contributed by atoms with Gasteiger partial charge in [0.2, 0.25) is 0 Å². The van der Waals surface area contributed by atoms with Crippen molar-refractivity contribution in [3.63, 3.8) is 0 Å². The Morgan fingerprint density at radius 1 is 1.50 bits per heavy atom. The number of amides is 2. The van der Waals surface area contributed by atoms with Gasteiger partial charge in [0, 0.05) is 24.1 Å². The van der Waals surface area contributed by atoms with Gasteiger partial charge in [-0.2, -0.15) is 0 Å². The first kappa shape index (κ1) is 8.07. The Morgan fingerprint density at radius 3 is 2.60 bits per heavy atom. The van der Waals surface area contributed by atoms with Crippen LogP contribution in [-0.2, 0) is 0 Å². The van der Waals surface area contributed by atoms with Crippen LogP contribution in [0.4, 0.5) is 4.79 Å². The van der Waals surface area contributed by atoms with E-state index in [4.69, 9.17) is 0 Å². The van der Waals surface area contributed by atoms with Gasteiger partial charge in [-0.3, -0.25) is 4.72 Å². The predicted octanol–water partition coefficient (Wildman–Crippen LogP) is 1.28. The van der Waals surface area contributed by atoms with Crippen molar-refractivity contribution in [2.24, 2.45) is 0 Å². The van der Waals surface area contributed by atoms with E-state index in [1.807, 2.05) is 0 Å². The Morgan fingerprint density at radius 2 is 2.10 bits per heavy atom. The lowest BCUT2D eigenvalue weighted by atomic mass is 10.4. The van der Waals surface area contributed by atoms with E-state index in [-0.39, 0.29) is 6.03 Å². The molecule has 3 nitrogen and oxygen atoms in total. The van der Waals surface area contributed by atoms with Gasteiger partial charge in [0.25, 0.3) is 0 Å². The van der Waals surface area contributed by atoms with Crippen molar-refractivity contribution in [3.05, 3.63) is 0 Å². The van der Waals surface area contributed by atoms with Crippen molar-refractivity contribution in [1.82, 2.24) is 9.62 Å². The molecule has 0 bridgehead atoms. The van der Waals surface area contributed by atoms with Gasteiger partial charge in [-0.25, -0.2) is 4.79 Å². The monoisotopic (exact) mass is 178 g/mol. The molecule has 0 spiro atoms. The lowest BCUT2D eigenvalue weighted by Crippen LogP contribution is -2.33. The van der Waals surface area contributed by atoms with Crippen LogP contribution in [0.2, 0.25) is 0 Å². The molecular weight excluding hydrogens is 168 g/mol. The van der Waals surface area contributed by atoms with Crippen LogP contribution in [0.1, 0.15) is 12.8 Å². The van der Waals surface area contributed by atoms with Crippen LogP contribution in [0.5, 0.6) is 0 Å². The summed E-state index contributed by atoms with van der Waals surface area (Å²) in [6, 6.07) is -0.0162. The van der Waals surface area contributed by atoms with Crippen molar-refractivity contribution >= 4 is 28.7 Å². The van der Waals surface area contributed by atoms with Gasteiger partial charge in [0.05, 0.1) is 0 Å². The number of rotatable bonds is 1. The van der Waals surface area contributed by atoms with Crippen molar-refractivity contribution in [2.75, 3.05) is 13.1 Å². The predicted molar refractivity (Wildman–Crippen MR) is 45.9 cm³/mol. The lowest BCUT2D eigenvalue weighted by molar-refractivity contribution is 0.215. The maximum absolute atomic E-state index is 11.0. The molecule has 0 unspecified atom stereocenters. The fourth-order valence-corrected chi connectivity index (χ4v) is 1.47. The number of carbonyl (C=O) groups excluding carboxylic acids is 1. The van der Waals surface area contributed by atoms with Gasteiger partial charge in [-0.1, -0.05) is 11.7 Å². The molecule has 0 aliphatic carbocycles. The minimum absolute atomic E-state index is 0.0162. The van der Waals surface area contributed by atoms with E-state index >= 15 is 0 Å². The molecule has 1 saturated heterocycles. The van der Waals surface area contributed by atoms with Crippen molar-refractivity contribution in [3.8, 4) is 0 Å². The third-order valence-electron chi connectivity index (χ3n) is 1.53. The van der Waals surface area contributed by atoms with Gasteiger partial charge in [-0.05, 0) is 12.8 Å². The third kappa shape index (κ3) is 1.98. The van der Waals surface area contributed by atoms with Crippen LogP contribution >= 0.6 is 22.6 Å². The van der Waals surface area contributed by atoms with Gasteiger partial charge in [0.15, 0.2) is 0 Å². The summed E-state index contributed by atoms with van der Waals surface area (Å²) in [4.78, 5) is 12.8. The molecule has 1 aliphatic heterocycles. The first-order chi connectivity index (χ1) is 4.84. The molecule has 1 aliphatic rings. The molecule has 5 heteroatoms. The molecule has 0 radical (unpaired) electrons. The highest BCUT2D eigenvalue weighted by Gasteiger charge is 2.16. The summed E-state index contributed by atoms with van der Waals surface area (Å²) in [6.45, 7) is 1.78. The van der Waals surface area contributed by atoms with Crippen LogP contribution in [0.3, 0.4) is 0 Å². The number of urea groups is 1. The number of nitrogens with one attached hydrogen (secondary N) is 1. The third-order valence-corrected chi connectivity index (χ3v) is 2.07. The minimum atomic E-state index is -0.0162. The van der Waals surface area contributed by atoms with E-state index < -0.39 is 0 Å². The van der Waals surface area contributed by atoms with Crippen LogP contribution in [0, 0.1) is 0 Å². The van der Waals surface area contributed by atoms with Gasteiger partial charge < -0.3 is 4.90 Å². The molecule has 2 amide bonds. The van der Waals surface area contributed by atoms with E-state index in [9.17, 15) is 4.79 Å². The molecular formula is C5H10N2OS2. The van der Waals surface area contributed by atoms with E-state index in [1.165, 1.54) is 0 Å². The SMILES string of the molecule is O=C(NSS)N1CCCC1. The maximum Gasteiger partial charge on any atom is 0.328 e. The number of thiol groups is 1. The Hall–Kier alpha value is -0.0300. The number of nitrogens with zero attached hydrogens (tertiary/aromatic N) is 1. The molecule has 1 N–H and O–H groups in total. The van der Waals surface area contributed by atoms with Crippen molar-refractivity contribution in [1.29, 1.82) is 0 Å². The highest BCUT2D eigenvalue weighted by atomic mass is 33.1. The van der Waals surface area contributed by atoms with Gasteiger partial charge in [0.1, 0.15) is 0 Å². The Labute approximate surface area is 69.5 Å². The van der Waals surface area contributed by atoms with E-state index in [0.717, 1.165) is 36.9 Å². The highest BCUT2D eigenvalue weighted by molar-refractivity contribution is 8.68. The summed E-state index contributed by atoms with van der Waals surface area (Å²) in [7, 11) is 1.05. The van der Waals surface area contributed by atoms with Gasteiger partial charge in [-0.15, -0.1) is 0 Å². The average molecular weight is 178 g/mol. The van der Waals surface area contributed by atoms with Crippen LogP contribution in [0.25, 0.3) is 0 Å². The Balaban J connectivity index is 2.25. The average Bonchev–Trinajstić information content (AvgIpc) is 2.38. The molecule has 1 rings (SSSR count). The van der Waals surface area contributed by atoms with E-state index in [0.29, 0.717) is 0 Å². The number of hydrogen-bond donors (Lipinski definition) is 2. The fourth-order valence-electron chi connectivity index (χ4n) is 1.02. The fraction of sp³-hybridized carbons (Fsp3) is 0.800. The number of hydrogen-bond acceptors (Lipinski definition) is 3. The molecule has 1 heterocycles. The van der Waals surface area contributed by atoms with Gasteiger partial charge >= 0.3 is 6.03 Å². The molecule has 0 aromatic heterocycles. The van der Waals surface area contributed by atoms with E-state index in [1.54, 1.807) is 4.90 Å². The summed E-state index contributed by atoms with van der Waals surface area (Å²) in [5.74, 6) is 0. The normalized spacial score (nSPS) is 17.5. The van der Waals surface area contributed by atoms with E-state index in [2.05, 4.69) is 16.4 Å². The zero-order valence-corrected chi connectivity index (χ0v) is 7.25. The summed E-state index contributed by atoms with van der Waals surface area (Å²) < 4.78 is 2.56. The standard InChI is InChI=1S/C5H10N2OS2/c8-5(6-10-9)7-3-1-2-4-7/h9H,1-4H2,(H,6,8). The summed E-state index contributed by atoms with van der Waals surface area (Å²) >= 11 is 3.81. The van der Waals surface area contributed by atoms with Crippen LogP contribution in [0.15, 0.2) is 0 Å². The molecule has 10 heavy (non-hydrogen) atoms. The zero-order chi connectivity index (χ0) is 7.40. The summed E-state index contributed by atoms with van der Waals surface area (Å²) in [5.41, 5.74) is 0. The Bertz CT molecular complexity index is 125. The first-order valence-electron chi connectivity index (χ1n) is 3.20. The largest absolute Gasteiger partial charge is 0.328 e. The summed E-state index contributed by atoms with van der Waals surface area (Å²) in [6.07, 6.45) is 2.26. The maximum atomic E-state index is 11.0. The number of likely N-dealkylation sites (tertiary alicyclic amines) is 1. The zero-order valence-electron chi connectivity index (χ0n) is 5.54. The minimum Gasteiger partial charge on any atom is -0.324 e. The first-order valence-corrected chi connectivity index (χ1v) is 5.07. The quantitative estimate of drug-likeness (QED) is 0.360. The molecule has 0 atom stereocenters. The molecule has 58 valence electrons. The second kappa shape index (κ2) is 3.98. The van der Waals surface area contributed by atoms with Crippen LogP contribution in [-0.4, -0.2) is 24.0 Å². The second-order valence-electron chi connectivity index (χ2n) is 2.19. The summed E-state index contributed by atoms with van der Waals surface area (Å²) in [5, 5.41) is 0. The molecule has 1 fully saturated rings. The van der Waals surface area contributed by atoms with Crippen molar-refractivity contribution < 1.29 is 4.79 Å². The topological polar surface area (TPSA) is 32.3 Å². The molecule has 0 aromatic rings. The molecule has 0 aromatic carbocycles. The van der Waals surface area contributed by atoms with Crippen molar-refractivity contribution in [2.45, 2.75) is 12.8 Å². The van der Waals surface area contributed by atoms with Crippen LogP contribution < -0.4 is 4.72 Å². The molecule has 0 saturated carbocycles.